The SMILES string of the molecule is CCCCCC(=O)Nc1ccc(C(=O)CSc2cccc[n+]2[O-])cc1. The number of nitrogens with one attached hydrogen (secondary N) is 1. The van der Waals surface area contributed by atoms with Gasteiger partial charge in [0.15, 0.2) is 12.0 Å². The molecule has 0 aliphatic rings. The maximum Gasteiger partial charge on any atom is 0.251 e. The van der Waals surface area contributed by atoms with Crippen molar-refractivity contribution in [1.82, 2.24) is 0 Å². The Balaban J connectivity index is 1.85. The maximum atomic E-state index is 12.2. The smallest absolute Gasteiger partial charge is 0.251 e. The van der Waals surface area contributed by atoms with Gasteiger partial charge in [0.25, 0.3) is 5.03 Å². The summed E-state index contributed by atoms with van der Waals surface area (Å²) < 4.78 is 0.745. The van der Waals surface area contributed by atoms with E-state index >= 15 is 0 Å². The molecule has 0 aliphatic carbocycles. The van der Waals surface area contributed by atoms with E-state index in [0.717, 1.165) is 24.0 Å². The van der Waals surface area contributed by atoms with E-state index in [9.17, 15) is 14.8 Å². The van der Waals surface area contributed by atoms with Crippen LogP contribution in [0.5, 0.6) is 0 Å². The third kappa shape index (κ3) is 6.23. The van der Waals surface area contributed by atoms with Crippen molar-refractivity contribution in [3.8, 4) is 0 Å². The van der Waals surface area contributed by atoms with Gasteiger partial charge >= 0.3 is 0 Å². The lowest BCUT2D eigenvalue weighted by Crippen LogP contribution is -2.28. The molecule has 0 spiro atoms. The molecule has 0 saturated carbocycles. The van der Waals surface area contributed by atoms with Crippen molar-refractivity contribution in [2.45, 2.75) is 37.6 Å². The second kappa shape index (κ2) is 9.84. The van der Waals surface area contributed by atoms with Gasteiger partial charge in [0.05, 0.1) is 5.75 Å². The maximum absolute atomic E-state index is 12.2. The van der Waals surface area contributed by atoms with Crippen LogP contribution in [0.1, 0.15) is 43.0 Å². The normalized spacial score (nSPS) is 10.4. The lowest BCUT2D eigenvalue weighted by molar-refractivity contribution is -0.645. The molecule has 2 aromatic rings. The topological polar surface area (TPSA) is 73.1 Å². The number of unbranched alkanes of at least 4 members (excludes halogenated alkanes) is 2. The van der Waals surface area contributed by atoms with Gasteiger partial charge in [-0.15, -0.1) is 0 Å². The molecule has 6 heteroatoms. The van der Waals surface area contributed by atoms with Crippen molar-refractivity contribution in [3.63, 3.8) is 0 Å². The van der Waals surface area contributed by atoms with Crippen LogP contribution in [0.2, 0.25) is 0 Å². The second-order valence-electron chi connectivity index (χ2n) is 5.66. The lowest BCUT2D eigenvalue weighted by Gasteiger charge is -2.06. The number of anilines is 1. The monoisotopic (exact) mass is 358 g/mol. The van der Waals surface area contributed by atoms with Crippen LogP contribution in [0.15, 0.2) is 53.7 Å². The fourth-order valence-corrected chi connectivity index (χ4v) is 3.05. The Hall–Kier alpha value is -2.34. The zero-order valence-electron chi connectivity index (χ0n) is 14.2. The highest BCUT2D eigenvalue weighted by Gasteiger charge is 2.11. The number of carbonyl (C=O) groups is 2. The summed E-state index contributed by atoms with van der Waals surface area (Å²) in [6, 6.07) is 11.9. The van der Waals surface area contributed by atoms with E-state index in [2.05, 4.69) is 12.2 Å². The summed E-state index contributed by atoms with van der Waals surface area (Å²) in [6.45, 7) is 2.10. The highest BCUT2D eigenvalue weighted by Crippen LogP contribution is 2.17. The summed E-state index contributed by atoms with van der Waals surface area (Å²) in [5, 5.41) is 14.9. The van der Waals surface area contributed by atoms with Gasteiger partial charge in [-0.05, 0) is 48.5 Å². The average Bonchev–Trinajstić information content (AvgIpc) is 2.61. The van der Waals surface area contributed by atoms with Crippen molar-refractivity contribution in [3.05, 3.63) is 59.4 Å². The molecular weight excluding hydrogens is 336 g/mol. The fourth-order valence-electron chi connectivity index (χ4n) is 2.25. The predicted octanol–water partition coefficient (Wildman–Crippen LogP) is 3.81. The minimum Gasteiger partial charge on any atom is -0.618 e. The number of aromatic nitrogens is 1. The van der Waals surface area contributed by atoms with E-state index in [4.69, 9.17) is 0 Å². The van der Waals surface area contributed by atoms with Gasteiger partial charge in [0, 0.05) is 29.8 Å². The largest absolute Gasteiger partial charge is 0.618 e. The number of thioether (sulfide) groups is 1. The number of nitrogens with zero attached hydrogens (tertiary/aromatic N) is 1. The minimum absolute atomic E-state index is 0.00726. The number of hydrogen-bond acceptors (Lipinski definition) is 4. The number of carbonyl (C=O) groups excluding carboxylic acids is 2. The van der Waals surface area contributed by atoms with E-state index in [1.165, 1.54) is 18.0 Å². The fraction of sp³-hybridized carbons (Fsp3) is 0.316. The molecule has 132 valence electrons. The number of pyridine rings is 1. The Bertz CT molecular complexity index is 717. The van der Waals surface area contributed by atoms with Gasteiger partial charge in [0.2, 0.25) is 5.91 Å². The molecule has 0 bridgehead atoms. The van der Waals surface area contributed by atoms with Gasteiger partial charge in [-0.2, -0.15) is 4.73 Å². The summed E-state index contributed by atoms with van der Waals surface area (Å²) in [5.74, 6) is 0.122. The van der Waals surface area contributed by atoms with E-state index in [0.29, 0.717) is 22.7 Å². The molecule has 0 fully saturated rings. The first-order valence-corrected chi connectivity index (χ1v) is 9.33. The van der Waals surface area contributed by atoms with Crippen LogP contribution in [0.25, 0.3) is 0 Å². The average molecular weight is 358 g/mol. The molecule has 1 aromatic carbocycles. The summed E-state index contributed by atoms with van der Waals surface area (Å²) in [4.78, 5) is 24.0. The molecule has 0 unspecified atom stereocenters. The Kier molecular flexibility index (Phi) is 7.47. The number of Topliss-reactive ketones (excluding diaryl/α,β-unsaturated/α-hetero) is 1. The number of amides is 1. The molecule has 5 nitrogen and oxygen atoms in total. The molecule has 1 N–H and O–H groups in total. The third-order valence-electron chi connectivity index (χ3n) is 3.64. The quantitative estimate of drug-likeness (QED) is 0.243. The zero-order chi connectivity index (χ0) is 18.1. The standard InChI is InChI=1S/C19H22N2O3S/c1-2-3-4-7-18(23)20-16-11-9-15(10-12-16)17(22)14-25-19-8-5-6-13-21(19)24/h5-6,8-13H,2-4,7,14H2,1H3,(H,20,23). The second-order valence-corrected chi connectivity index (χ2v) is 6.65. The van der Waals surface area contributed by atoms with Crippen LogP contribution in [-0.2, 0) is 4.79 Å². The molecule has 0 atom stereocenters. The number of ketones is 1. The van der Waals surface area contributed by atoms with Gasteiger partial charge in [-0.1, -0.05) is 19.8 Å². The van der Waals surface area contributed by atoms with Crippen molar-refractivity contribution < 1.29 is 14.3 Å². The van der Waals surface area contributed by atoms with E-state index in [1.807, 2.05) is 0 Å². The van der Waals surface area contributed by atoms with Crippen LogP contribution in [0.4, 0.5) is 5.69 Å². The molecular formula is C19H22N2O3S. The highest BCUT2D eigenvalue weighted by atomic mass is 32.2. The van der Waals surface area contributed by atoms with Crippen LogP contribution in [0, 0.1) is 5.21 Å². The van der Waals surface area contributed by atoms with Gasteiger partial charge in [0.1, 0.15) is 0 Å². The molecule has 2 rings (SSSR count). The van der Waals surface area contributed by atoms with Gasteiger partial charge < -0.3 is 10.5 Å². The van der Waals surface area contributed by atoms with Crippen molar-refractivity contribution in [2.24, 2.45) is 0 Å². The summed E-state index contributed by atoms with van der Waals surface area (Å²) in [5.41, 5.74) is 1.25. The molecule has 0 aliphatic heterocycles. The van der Waals surface area contributed by atoms with E-state index < -0.39 is 0 Å². The molecule has 1 aromatic heterocycles. The predicted molar refractivity (Wildman–Crippen MR) is 99.7 cm³/mol. The first-order chi connectivity index (χ1) is 12.1. The molecule has 25 heavy (non-hydrogen) atoms. The molecule has 1 amide bonds. The third-order valence-corrected chi connectivity index (χ3v) is 4.66. The molecule has 0 saturated heterocycles. The van der Waals surface area contributed by atoms with Gasteiger partial charge in [-0.25, -0.2) is 0 Å². The van der Waals surface area contributed by atoms with Crippen molar-refractivity contribution >= 4 is 29.1 Å². The Labute approximate surface area is 152 Å². The zero-order valence-corrected chi connectivity index (χ0v) is 15.1. The summed E-state index contributed by atoms with van der Waals surface area (Å²) in [7, 11) is 0. The Morgan fingerprint density at radius 1 is 1.12 bits per heavy atom. The minimum atomic E-state index is -0.0605. The van der Waals surface area contributed by atoms with Crippen molar-refractivity contribution in [1.29, 1.82) is 0 Å². The summed E-state index contributed by atoms with van der Waals surface area (Å²) >= 11 is 1.21. The lowest BCUT2D eigenvalue weighted by atomic mass is 10.1. The van der Waals surface area contributed by atoms with Crippen LogP contribution >= 0.6 is 11.8 Å². The Morgan fingerprint density at radius 3 is 2.56 bits per heavy atom. The number of rotatable bonds is 9. The number of benzene rings is 1. The first-order valence-electron chi connectivity index (χ1n) is 8.34. The molecule has 1 heterocycles. The van der Waals surface area contributed by atoms with Crippen LogP contribution < -0.4 is 10.0 Å². The van der Waals surface area contributed by atoms with Gasteiger partial charge in [-0.3, -0.25) is 9.59 Å². The van der Waals surface area contributed by atoms with Crippen molar-refractivity contribution in [2.75, 3.05) is 11.1 Å². The van der Waals surface area contributed by atoms with E-state index in [1.54, 1.807) is 42.5 Å². The molecule has 0 radical (unpaired) electrons. The summed E-state index contributed by atoms with van der Waals surface area (Å²) in [6.07, 6.45) is 4.93. The van der Waals surface area contributed by atoms with Crippen LogP contribution in [0.3, 0.4) is 0 Å². The first kappa shape index (κ1) is 19.0. The van der Waals surface area contributed by atoms with E-state index in [-0.39, 0.29) is 17.4 Å². The Morgan fingerprint density at radius 2 is 1.88 bits per heavy atom. The number of hydrogen-bond donors (Lipinski definition) is 1. The highest BCUT2D eigenvalue weighted by molar-refractivity contribution is 7.99. The van der Waals surface area contributed by atoms with Crippen LogP contribution in [-0.4, -0.2) is 17.4 Å².